The lowest BCUT2D eigenvalue weighted by atomic mass is 9.92. The topological polar surface area (TPSA) is 96.7 Å². The zero-order valence-electron chi connectivity index (χ0n) is 13.3. The van der Waals surface area contributed by atoms with Gasteiger partial charge in [0.15, 0.2) is 0 Å². The van der Waals surface area contributed by atoms with Gasteiger partial charge in [-0.05, 0) is 25.0 Å². The van der Waals surface area contributed by atoms with E-state index in [1.807, 2.05) is 6.07 Å². The summed E-state index contributed by atoms with van der Waals surface area (Å²) in [6.45, 7) is 1.61. The summed E-state index contributed by atoms with van der Waals surface area (Å²) in [5.74, 6) is -0.996. The Morgan fingerprint density at radius 3 is 2.54 bits per heavy atom. The Labute approximate surface area is 140 Å². The predicted molar refractivity (Wildman–Crippen MR) is 89.5 cm³/mol. The number of carboxylic acid groups (broad SMARTS) is 1. The van der Waals surface area contributed by atoms with Crippen LogP contribution in [0.3, 0.4) is 0 Å². The largest absolute Gasteiger partial charge is 0.481 e. The average Bonchev–Trinajstić information content (AvgIpc) is 2.54. The van der Waals surface area contributed by atoms with E-state index in [1.54, 1.807) is 49.5 Å². The van der Waals surface area contributed by atoms with Crippen LogP contribution in [0.2, 0.25) is 0 Å². The minimum Gasteiger partial charge on any atom is -0.481 e. The van der Waals surface area contributed by atoms with Gasteiger partial charge in [-0.2, -0.15) is 0 Å². The van der Waals surface area contributed by atoms with Crippen molar-refractivity contribution in [1.82, 2.24) is 4.98 Å². The van der Waals surface area contributed by atoms with E-state index in [1.165, 1.54) is 6.20 Å². The van der Waals surface area contributed by atoms with E-state index in [-0.39, 0.29) is 19.0 Å². The van der Waals surface area contributed by atoms with Crippen LogP contribution in [0.5, 0.6) is 0 Å². The van der Waals surface area contributed by atoms with Crippen molar-refractivity contribution in [2.24, 2.45) is 0 Å². The summed E-state index contributed by atoms with van der Waals surface area (Å²) in [5, 5.41) is 8.95. The maximum absolute atomic E-state index is 12.6. The van der Waals surface area contributed by atoms with Crippen molar-refractivity contribution in [3.05, 3.63) is 66.0 Å². The lowest BCUT2D eigenvalue weighted by molar-refractivity contribution is -0.138. The first-order chi connectivity index (χ1) is 11.3. The molecular formula is C17H20NO5P. The number of rotatable bonds is 8. The van der Waals surface area contributed by atoms with Gasteiger partial charge in [0.25, 0.3) is 0 Å². The highest BCUT2D eigenvalue weighted by Gasteiger charge is 2.36. The Morgan fingerprint density at radius 2 is 1.96 bits per heavy atom. The molecule has 2 atom stereocenters. The summed E-state index contributed by atoms with van der Waals surface area (Å²) >= 11 is 0. The van der Waals surface area contributed by atoms with Crippen LogP contribution in [0.4, 0.5) is 0 Å². The third kappa shape index (κ3) is 5.27. The van der Waals surface area contributed by atoms with E-state index in [0.29, 0.717) is 11.1 Å². The monoisotopic (exact) mass is 349 g/mol. The summed E-state index contributed by atoms with van der Waals surface area (Å²) in [7, 11) is -3.98. The fraction of sp³-hybridized carbons (Fsp3) is 0.294. The lowest BCUT2D eigenvalue weighted by Crippen LogP contribution is -2.26. The highest BCUT2D eigenvalue weighted by atomic mass is 31.2. The molecule has 2 unspecified atom stereocenters. The molecule has 2 rings (SSSR count). The third-order valence-corrected chi connectivity index (χ3v) is 5.11. The third-order valence-electron chi connectivity index (χ3n) is 3.66. The minimum atomic E-state index is -3.98. The summed E-state index contributed by atoms with van der Waals surface area (Å²) in [5.41, 5.74) is 0.0230. The molecule has 1 aromatic heterocycles. The number of carboxylic acids is 1. The van der Waals surface area contributed by atoms with Crippen molar-refractivity contribution in [3.63, 3.8) is 0 Å². The quantitative estimate of drug-likeness (QED) is 0.707. The van der Waals surface area contributed by atoms with Crippen LogP contribution < -0.4 is 0 Å². The predicted octanol–water partition coefficient (Wildman–Crippen LogP) is 3.56. The highest BCUT2D eigenvalue weighted by Crippen LogP contribution is 2.53. The van der Waals surface area contributed by atoms with Crippen molar-refractivity contribution in [3.8, 4) is 0 Å². The average molecular weight is 349 g/mol. The number of hydrogen-bond acceptors (Lipinski definition) is 4. The molecule has 0 fully saturated rings. The van der Waals surface area contributed by atoms with Crippen LogP contribution in [0, 0.1) is 0 Å². The first kappa shape index (κ1) is 18.3. The number of nitrogens with zero attached hydrogens (tertiary/aromatic N) is 1. The van der Waals surface area contributed by atoms with Crippen molar-refractivity contribution in [1.29, 1.82) is 0 Å². The van der Waals surface area contributed by atoms with Gasteiger partial charge in [-0.15, -0.1) is 0 Å². The minimum absolute atomic E-state index is 0.0629. The number of aliphatic carboxylic acids is 1. The standard InChI is InChI=1S/C17H20NO5P/c1-17(10-9-16(19)20,15-8-5-11-18-12-15)23-24(21,22)13-14-6-3-2-4-7-14/h2-8,11-12H,9-10,13H2,1H3,(H,19,20)(H,21,22). The maximum Gasteiger partial charge on any atom is 0.333 e. The molecule has 7 heteroatoms. The fourth-order valence-corrected chi connectivity index (χ4v) is 3.99. The number of pyridine rings is 1. The molecule has 1 heterocycles. The molecule has 2 aromatic rings. The van der Waals surface area contributed by atoms with Crippen LogP contribution in [-0.4, -0.2) is 21.0 Å². The first-order valence-electron chi connectivity index (χ1n) is 7.49. The van der Waals surface area contributed by atoms with Crippen LogP contribution in [0.1, 0.15) is 30.9 Å². The van der Waals surface area contributed by atoms with Crippen LogP contribution in [0.25, 0.3) is 0 Å². The van der Waals surface area contributed by atoms with Crippen molar-refractivity contribution in [2.45, 2.75) is 31.5 Å². The van der Waals surface area contributed by atoms with E-state index in [4.69, 9.17) is 9.63 Å². The molecule has 6 nitrogen and oxygen atoms in total. The normalized spacial score (nSPS) is 16.1. The van der Waals surface area contributed by atoms with Gasteiger partial charge in [-0.1, -0.05) is 36.4 Å². The highest BCUT2D eigenvalue weighted by molar-refractivity contribution is 7.52. The number of benzene rings is 1. The smallest absolute Gasteiger partial charge is 0.333 e. The maximum atomic E-state index is 12.6. The summed E-state index contributed by atoms with van der Waals surface area (Å²) < 4.78 is 18.2. The Bertz CT molecular complexity index is 722. The van der Waals surface area contributed by atoms with Crippen LogP contribution >= 0.6 is 7.60 Å². The van der Waals surface area contributed by atoms with Gasteiger partial charge in [0.2, 0.25) is 0 Å². The molecule has 1 aromatic carbocycles. The molecule has 0 bridgehead atoms. The molecule has 24 heavy (non-hydrogen) atoms. The number of aromatic nitrogens is 1. The Balaban J connectivity index is 2.23. The summed E-state index contributed by atoms with van der Waals surface area (Å²) in [6.07, 6.45) is 2.83. The van der Waals surface area contributed by atoms with Gasteiger partial charge in [-0.25, -0.2) is 0 Å². The zero-order valence-corrected chi connectivity index (χ0v) is 14.2. The lowest BCUT2D eigenvalue weighted by Gasteiger charge is -2.31. The Hall–Kier alpha value is -2.01. The zero-order chi connectivity index (χ0) is 17.6. The Kier molecular flexibility index (Phi) is 5.89. The molecule has 0 aliphatic carbocycles. The molecule has 0 aliphatic rings. The number of hydrogen-bond donors (Lipinski definition) is 2. The molecule has 0 saturated carbocycles. The molecule has 2 N–H and O–H groups in total. The van der Waals surface area contributed by atoms with Gasteiger partial charge in [0.05, 0.1) is 6.16 Å². The summed E-state index contributed by atoms with van der Waals surface area (Å²) in [4.78, 5) is 25.2. The second kappa shape index (κ2) is 7.71. The van der Waals surface area contributed by atoms with Gasteiger partial charge >= 0.3 is 13.6 Å². The van der Waals surface area contributed by atoms with Crippen molar-refractivity contribution in [2.75, 3.05) is 0 Å². The van der Waals surface area contributed by atoms with Gasteiger partial charge in [0.1, 0.15) is 5.60 Å². The molecule has 0 aliphatic heterocycles. The molecule has 0 saturated heterocycles. The SMILES string of the molecule is CC(CCC(=O)O)(OP(=O)(O)Cc1ccccc1)c1cccnc1. The van der Waals surface area contributed by atoms with E-state index in [9.17, 15) is 14.3 Å². The van der Waals surface area contributed by atoms with Gasteiger partial charge in [0, 0.05) is 24.4 Å². The first-order valence-corrected chi connectivity index (χ1v) is 9.26. The second-order valence-electron chi connectivity index (χ2n) is 5.74. The van der Waals surface area contributed by atoms with Crippen molar-refractivity contribution < 1.29 is 23.9 Å². The molecule has 0 amide bonds. The van der Waals surface area contributed by atoms with E-state index < -0.39 is 19.2 Å². The van der Waals surface area contributed by atoms with Crippen LogP contribution in [0.15, 0.2) is 54.9 Å². The van der Waals surface area contributed by atoms with Crippen LogP contribution in [-0.2, 0) is 25.6 Å². The van der Waals surface area contributed by atoms with E-state index in [2.05, 4.69) is 4.98 Å². The summed E-state index contributed by atoms with van der Waals surface area (Å²) in [6, 6.07) is 12.2. The van der Waals surface area contributed by atoms with E-state index in [0.717, 1.165) is 0 Å². The second-order valence-corrected chi connectivity index (χ2v) is 7.51. The molecule has 0 radical (unpaired) electrons. The van der Waals surface area contributed by atoms with Gasteiger partial charge < -0.3 is 10.00 Å². The number of carbonyl (C=O) groups is 1. The van der Waals surface area contributed by atoms with E-state index >= 15 is 0 Å². The molecule has 128 valence electrons. The molecule has 0 spiro atoms. The van der Waals surface area contributed by atoms with Crippen molar-refractivity contribution >= 4 is 13.6 Å². The molecular weight excluding hydrogens is 329 g/mol. The Morgan fingerprint density at radius 1 is 1.25 bits per heavy atom. The van der Waals surface area contributed by atoms with Gasteiger partial charge in [-0.3, -0.25) is 18.9 Å². The fourth-order valence-electron chi connectivity index (χ4n) is 2.42.